The van der Waals surface area contributed by atoms with Gasteiger partial charge in [-0.05, 0) is 32.0 Å². The van der Waals surface area contributed by atoms with Gasteiger partial charge in [-0.1, -0.05) is 29.8 Å². The Morgan fingerprint density at radius 2 is 1.86 bits per heavy atom. The normalized spacial score (nSPS) is 19.0. The molecule has 0 bridgehead atoms. The van der Waals surface area contributed by atoms with Crippen molar-refractivity contribution in [1.29, 1.82) is 0 Å². The monoisotopic (exact) mass is 413 g/mol. The van der Waals surface area contributed by atoms with Crippen LogP contribution in [0.3, 0.4) is 0 Å². The van der Waals surface area contributed by atoms with Crippen molar-refractivity contribution in [2.24, 2.45) is 0 Å². The molecule has 0 aliphatic carbocycles. The van der Waals surface area contributed by atoms with Gasteiger partial charge < -0.3 is 5.32 Å². The maximum absolute atomic E-state index is 14.2. The Kier molecular flexibility index (Phi) is 4.66. The molecule has 0 spiro atoms. The molecule has 0 radical (unpaired) electrons. The van der Waals surface area contributed by atoms with Crippen LogP contribution in [0.1, 0.15) is 23.7 Å². The molecule has 1 fully saturated rings. The number of benzene rings is 2. The van der Waals surface area contributed by atoms with Crippen LogP contribution in [0.2, 0.25) is 0 Å². The number of imide groups is 1. The molecule has 5 nitrogen and oxygen atoms in total. The highest BCUT2D eigenvalue weighted by Crippen LogP contribution is 2.32. The maximum atomic E-state index is 14.2. The fourth-order valence-electron chi connectivity index (χ4n) is 3.27. The van der Waals surface area contributed by atoms with Crippen LogP contribution in [-0.4, -0.2) is 21.8 Å². The molecule has 148 valence electrons. The SMILES string of the molecule is Cc1ccc(-c2nc(CN3C(=O)N[C@](C)(c4cc(F)ccc4F)C3=O)cs2)cc1. The highest BCUT2D eigenvalue weighted by Gasteiger charge is 2.50. The van der Waals surface area contributed by atoms with E-state index in [9.17, 15) is 18.4 Å². The molecule has 1 atom stereocenters. The summed E-state index contributed by atoms with van der Waals surface area (Å²) in [6, 6.07) is 10.0. The third-order valence-corrected chi connectivity index (χ3v) is 5.85. The molecule has 29 heavy (non-hydrogen) atoms. The van der Waals surface area contributed by atoms with Crippen LogP contribution in [-0.2, 0) is 16.9 Å². The third-order valence-electron chi connectivity index (χ3n) is 4.91. The Morgan fingerprint density at radius 3 is 2.59 bits per heavy atom. The van der Waals surface area contributed by atoms with E-state index in [0.717, 1.165) is 39.2 Å². The minimum absolute atomic E-state index is 0.0560. The van der Waals surface area contributed by atoms with Crippen LogP contribution in [0.5, 0.6) is 0 Å². The van der Waals surface area contributed by atoms with Gasteiger partial charge in [0.15, 0.2) is 0 Å². The summed E-state index contributed by atoms with van der Waals surface area (Å²) in [5.74, 6) is -2.11. The quantitative estimate of drug-likeness (QED) is 0.647. The molecule has 1 aliphatic rings. The van der Waals surface area contributed by atoms with Gasteiger partial charge in [-0.2, -0.15) is 0 Å². The molecule has 1 N–H and O–H groups in total. The van der Waals surface area contributed by atoms with Crippen LogP contribution in [0.25, 0.3) is 10.6 Å². The molecule has 2 heterocycles. The van der Waals surface area contributed by atoms with Gasteiger partial charge in [-0.3, -0.25) is 9.69 Å². The molecule has 0 saturated carbocycles. The largest absolute Gasteiger partial charge is 0.325 e. The zero-order chi connectivity index (χ0) is 20.8. The molecular weight excluding hydrogens is 396 g/mol. The lowest BCUT2D eigenvalue weighted by molar-refractivity contribution is -0.131. The first-order valence-electron chi connectivity index (χ1n) is 8.89. The summed E-state index contributed by atoms with van der Waals surface area (Å²) < 4.78 is 27.9. The Bertz CT molecular complexity index is 1110. The Labute approximate surface area is 170 Å². The van der Waals surface area contributed by atoms with Crippen molar-refractivity contribution in [3.8, 4) is 10.6 Å². The second kappa shape index (κ2) is 7.04. The Balaban J connectivity index is 1.59. The van der Waals surface area contributed by atoms with Crippen molar-refractivity contribution >= 4 is 23.3 Å². The van der Waals surface area contributed by atoms with E-state index in [2.05, 4.69) is 10.3 Å². The summed E-state index contributed by atoms with van der Waals surface area (Å²) in [7, 11) is 0. The van der Waals surface area contributed by atoms with Crippen molar-refractivity contribution in [3.63, 3.8) is 0 Å². The zero-order valence-electron chi connectivity index (χ0n) is 15.7. The van der Waals surface area contributed by atoms with Crippen LogP contribution < -0.4 is 5.32 Å². The number of urea groups is 1. The summed E-state index contributed by atoms with van der Waals surface area (Å²) >= 11 is 1.40. The number of carbonyl (C=O) groups excluding carboxylic acids is 2. The minimum atomic E-state index is -1.68. The zero-order valence-corrected chi connectivity index (χ0v) is 16.5. The van der Waals surface area contributed by atoms with Crippen LogP contribution in [0.15, 0.2) is 47.8 Å². The summed E-state index contributed by atoms with van der Waals surface area (Å²) in [6.07, 6.45) is 0. The number of halogens is 2. The first kappa shape index (κ1) is 19.2. The molecular formula is C21H17F2N3O2S. The van der Waals surface area contributed by atoms with Crippen LogP contribution in [0, 0.1) is 18.6 Å². The summed E-state index contributed by atoms with van der Waals surface area (Å²) in [6.45, 7) is 3.30. The summed E-state index contributed by atoms with van der Waals surface area (Å²) in [5.41, 5.74) is 0.721. The summed E-state index contributed by atoms with van der Waals surface area (Å²) in [5, 5.41) is 5.03. The molecule has 4 rings (SSSR count). The van der Waals surface area contributed by atoms with Gasteiger partial charge in [0.25, 0.3) is 5.91 Å². The van der Waals surface area contributed by atoms with Gasteiger partial charge in [0.05, 0.1) is 12.2 Å². The highest BCUT2D eigenvalue weighted by molar-refractivity contribution is 7.13. The van der Waals surface area contributed by atoms with Gasteiger partial charge in [-0.15, -0.1) is 11.3 Å². The van der Waals surface area contributed by atoms with Crippen molar-refractivity contribution in [2.75, 3.05) is 0 Å². The predicted octanol–water partition coefficient (Wildman–Crippen LogP) is 4.36. The average Bonchev–Trinajstić information content (AvgIpc) is 3.24. The van der Waals surface area contributed by atoms with Crippen molar-refractivity contribution in [3.05, 3.63) is 76.3 Å². The number of aromatic nitrogens is 1. The third kappa shape index (κ3) is 3.40. The second-order valence-corrected chi connectivity index (χ2v) is 7.94. The van der Waals surface area contributed by atoms with Gasteiger partial charge in [0.2, 0.25) is 0 Å². The molecule has 0 unspecified atom stereocenters. The van der Waals surface area contributed by atoms with E-state index in [4.69, 9.17) is 0 Å². The number of nitrogens with one attached hydrogen (secondary N) is 1. The number of hydrogen-bond acceptors (Lipinski definition) is 4. The number of carbonyl (C=O) groups is 2. The molecule has 1 aromatic heterocycles. The lowest BCUT2D eigenvalue weighted by Gasteiger charge is -2.22. The number of thiazole rings is 1. The van der Waals surface area contributed by atoms with E-state index in [1.165, 1.54) is 18.3 Å². The van der Waals surface area contributed by atoms with Gasteiger partial charge in [0, 0.05) is 16.5 Å². The number of hydrogen-bond donors (Lipinski definition) is 1. The van der Waals surface area contributed by atoms with Gasteiger partial charge >= 0.3 is 6.03 Å². The van der Waals surface area contributed by atoms with Gasteiger partial charge in [0.1, 0.15) is 22.2 Å². The highest BCUT2D eigenvalue weighted by atomic mass is 32.1. The lowest BCUT2D eigenvalue weighted by atomic mass is 9.91. The standard InChI is InChI=1S/C21H17F2N3O2S/c1-12-3-5-13(6-4-12)18-24-15(11-29-18)10-26-19(27)21(2,25-20(26)28)16-9-14(22)7-8-17(16)23/h3-9,11H,10H2,1-2H3,(H,25,28)/t21-/m1/s1. The average molecular weight is 413 g/mol. The van der Waals surface area contributed by atoms with E-state index in [0.29, 0.717) is 5.69 Å². The number of amides is 3. The Morgan fingerprint density at radius 1 is 1.14 bits per heavy atom. The second-order valence-electron chi connectivity index (χ2n) is 7.08. The molecule has 3 amide bonds. The smallest absolute Gasteiger partial charge is 0.319 e. The van der Waals surface area contributed by atoms with Crippen molar-refractivity contribution < 1.29 is 18.4 Å². The fraction of sp³-hybridized carbons (Fsp3) is 0.190. The fourth-order valence-corrected chi connectivity index (χ4v) is 4.09. The van der Waals surface area contributed by atoms with E-state index in [1.54, 1.807) is 5.38 Å². The van der Waals surface area contributed by atoms with Crippen LogP contribution in [0.4, 0.5) is 13.6 Å². The first-order valence-corrected chi connectivity index (χ1v) is 9.77. The van der Waals surface area contributed by atoms with E-state index >= 15 is 0 Å². The van der Waals surface area contributed by atoms with E-state index < -0.39 is 29.1 Å². The number of nitrogens with zero attached hydrogens (tertiary/aromatic N) is 2. The first-order chi connectivity index (χ1) is 13.8. The number of rotatable bonds is 4. The number of aryl methyl sites for hydroxylation is 1. The van der Waals surface area contributed by atoms with Gasteiger partial charge in [-0.25, -0.2) is 18.6 Å². The minimum Gasteiger partial charge on any atom is -0.319 e. The maximum Gasteiger partial charge on any atom is 0.325 e. The predicted molar refractivity (Wildman–Crippen MR) is 105 cm³/mol. The van der Waals surface area contributed by atoms with E-state index in [1.807, 2.05) is 31.2 Å². The van der Waals surface area contributed by atoms with E-state index in [-0.39, 0.29) is 12.1 Å². The van der Waals surface area contributed by atoms with Crippen LogP contribution >= 0.6 is 11.3 Å². The summed E-state index contributed by atoms with van der Waals surface area (Å²) in [4.78, 5) is 30.9. The molecule has 2 aromatic carbocycles. The van der Waals surface area contributed by atoms with Crippen molar-refractivity contribution in [2.45, 2.75) is 25.9 Å². The van der Waals surface area contributed by atoms with Crippen molar-refractivity contribution in [1.82, 2.24) is 15.2 Å². The molecule has 8 heteroatoms. The molecule has 3 aromatic rings. The molecule has 1 aliphatic heterocycles. The Hall–Kier alpha value is -3.13. The topological polar surface area (TPSA) is 62.3 Å². The lowest BCUT2D eigenvalue weighted by Crippen LogP contribution is -2.41. The molecule has 1 saturated heterocycles.